The third kappa shape index (κ3) is 3.17. The van der Waals surface area contributed by atoms with E-state index in [9.17, 15) is 4.39 Å². The minimum Gasteiger partial charge on any atom is -0.381 e. The topological polar surface area (TPSA) is 24.1 Å². The van der Waals surface area contributed by atoms with E-state index in [4.69, 9.17) is 0 Å². The summed E-state index contributed by atoms with van der Waals surface area (Å²) in [5, 5.41) is 6.83. The summed E-state index contributed by atoms with van der Waals surface area (Å²) in [4.78, 5) is 0. The van der Waals surface area contributed by atoms with Crippen LogP contribution in [0.4, 0.5) is 10.1 Å². The van der Waals surface area contributed by atoms with E-state index < -0.39 is 0 Å². The molecule has 0 bridgehead atoms. The molecule has 1 heterocycles. The van der Waals surface area contributed by atoms with Crippen molar-refractivity contribution in [1.29, 1.82) is 0 Å². The van der Waals surface area contributed by atoms with Gasteiger partial charge in [0.2, 0.25) is 0 Å². The molecule has 0 radical (unpaired) electrons. The monoisotopic (exact) mass is 270 g/mol. The summed E-state index contributed by atoms with van der Waals surface area (Å²) >= 11 is 0. The normalized spacial score (nSPS) is 14.4. The van der Waals surface area contributed by atoms with Gasteiger partial charge in [0.15, 0.2) is 0 Å². The number of fused-ring (bicyclic) bond motifs is 1. The molecule has 0 aliphatic carbocycles. The van der Waals surface area contributed by atoms with E-state index in [0.717, 1.165) is 43.7 Å². The van der Waals surface area contributed by atoms with Crippen LogP contribution in [0.3, 0.4) is 0 Å². The lowest BCUT2D eigenvalue weighted by Crippen LogP contribution is -2.16. The smallest absolute Gasteiger partial charge is 0.123 e. The van der Waals surface area contributed by atoms with Crippen LogP contribution >= 0.6 is 0 Å². The quantitative estimate of drug-likeness (QED) is 0.895. The zero-order valence-electron chi connectivity index (χ0n) is 11.5. The fourth-order valence-corrected chi connectivity index (χ4v) is 2.59. The van der Waals surface area contributed by atoms with Crippen molar-refractivity contribution in [3.05, 3.63) is 65.0 Å². The highest BCUT2D eigenvalue weighted by Crippen LogP contribution is 2.19. The molecule has 0 spiro atoms. The number of halogens is 1. The first-order chi connectivity index (χ1) is 9.81. The van der Waals surface area contributed by atoms with E-state index in [1.165, 1.54) is 23.3 Å². The van der Waals surface area contributed by atoms with E-state index in [1.54, 1.807) is 0 Å². The van der Waals surface area contributed by atoms with Gasteiger partial charge in [0.1, 0.15) is 5.82 Å². The highest BCUT2D eigenvalue weighted by atomic mass is 19.1. The average Bonchev–Trinajstić information content (AvgIpc) is 2.71. The number of anilines is 1. The second kappa shape index (κ2) is 6.06. The minimum absolute atomic E-state index is 0.189. The maximum atomic E-state index is 12.9. The zero-order chi connectivity index (χ0) is 13.8. The summed E-state index contributed by atoms with van der Waals surface area (Å²) in [5.74, 6) is -0.189. The van der Waals surface area contributed by atoms with Gasteiger partial charge in [0.05, 0.1) is 0 Å². The Balaban J connectivity index is 1.68. The lowest BCUT2D eigenvalue weighted by atomic mass is 10.0. The first-order valence-corrected chi connectivity index (χ1v) is 7.12. The highest BCUT2D eigenvalue weighted by molar-refractivity contribution is 5.49. The van der Waals surface area contributed by atoms with Gasteiger partial charge in [-0.15, -0.1) is 0 Å². The Kier molecular flexibility index (Phi) is 3.97. The van der Waals surface area contributed by atoms with Gasteiger partial charge in [-0.1, -0.05) is 18.2 Å². The molecule has 3 rings (SSSR count). The summed E-state index contributed by atoms with van der Waals surface area (Å²) in [5.41, 5.74) is 5.10. The average molecular weight is 270 g/mol. The van der Waals surface area contributed by atoms with Crippen molar-refractivity contribution < 1.29 is 4.39 Å². The van der Waals surface area contributed by atoms with Crippen molar-refractivity contribution in [3.63, 3.8) is 0 Å². The van der Waals surface area contributed by atoms with Crippen LogP contribution in [0.1, 0.15) is 16.7 Å². The summed E-state index contributed by atoms with van der Waals surface area (Å²) in [6.07, 6.45) is 2.19. The second-order valence-electron chi connectivity index (χ2n) is 5.21. The van der Waals surface area contributed by atoms with Gasteiger partial charge < -0.3 is 10.6 Å². The van der Waals surface area contributed by atoms with Crippen molar-refractivity contribution in [3.8, 4) is 0 Å². The van der Waals surface area contributed by atoms with Crippen molar-refractivity contribution in [2.75, 3.05) is 18.4 Å². The van der Waals surface area contributed by atoms with Crippen LogP contribution in [0.5, 0.6) is 0 Å². The molecule has 0 fully saturated rings. The van der Waals surface area contributed by atoms with Gasteiger partial charge >= 0.3 is 0 Å². The third-order valence-electron chi connectivity index (χ3n) is 3.76. The minimum atomic E-state index is -0.189. The molecule has 1 aliphatic heterocycles. The molecule has 20 heavy (non-hydrogen) atoms. The molecular formula is C17H19FN2. The van der Waals surface area contributed by atoms with Crippen molar-refractivity contribution >= 4 is 5.69 Å². The third-order valence-corrected chi connectivity index (χ3v) is 3.76. The lowest BCUT2D eigenvalue weighted by Gasteiger charge is -2.11. The lowest BCUT2D eigenvalue weighted by molar-refractivity contribution is 0.627. The van der Waals surface area contributed by atoms with E-state index in [1.807, 2.05) is 12.1 Å². The number of hydrogen-bond donors (Lipinski definition) is 2. The van der Waals surface area contributed by atoms with Crippen molar-refractivity contribution in [2.24, 2.45) is 0 Å². The SMILES string of the molecule is Fc1ccc(CNc2ccc3c(c2)CCNCC3)cc1. The molecule has 1 aliphatic rings. The maximum Gasteiger partial charge on any atom is 0.123 e. The van der Waals surface area contributed by atoms with Crippen LogP contribution in [0, 0.1) is 5.82 Å². The van der Waals surface area contributed by atoms with Gasteiger partial charge in [-0.3, -0.25) is 0 Å². The largest absolute Gasteiger partial charge is 0.381 e. The standard InChI is InChI=1S/C17H19FN2/c18-16-4-1-13(2-5-16)12-20-17-6-3-14-7-9-19-10-8-15(14)11-17/h1-6,11,19-20H,7-10,12H2. The summed E-state index contributed by atoms with van der Waals surface area (Å²) in [7, 11) is 0. The van der Waals surface area contributed by atoms with E-state index in [0.29, 0.717) is 0 Å². The molecule has 2 N–H and O–H groups in total. The Bertz CT molecular complexity index is 578. The second-order valence-corrected chi connectivity index (χ2v) is 5.21. The molecular weight excluding hydrogens is 251 g/mol. The van der Waals surface area contributed by atoms with Crippen molar-refractivity contribution in [2.45, 2.75) is 19.4 Å². The summed E-state index contributed by atoms with van der Waals surface area (Å²) in [6.45, 7) is 2.83. The zero-order valence-corrected chi connectivity index (χ0v) is 11.5. The Hall–Kier alpha value is -1.87. The summed E-state index contributed by atoms with van der Waals surface area (Å²) in [6, 6.07) is 13.2. The predicted octanol–water partition coefficient (Wildman–Crippen LogP) is 3.13. The Morgan fingerprint density at radius 2 is 1.70 bits per heavy atom. The number of rotatable bonds is 3. The number of hydrogen-bond acceptors (Lipinski definition) is 2. The molecule has 2 nitrogen and oxygen atoms in total. The molecule has 0 amide bonds. The molecule has 0 saturated heterocycles. The molecule has 0 aromatic heterocycles. The Morgan fingerprint density at radius 3 is 2.50 bits per heavy atom. The number of benzene rings is 2. The first-order valence-electron chi connectivity index (χ1n) is 7.12. The van der Waals surface area contributed by atoms with Crippen LogP contribution in [-0.4, -0.2) is 13.1 Å². The number of nitrogens with one attached hydrogen (secondary N) is 2. The van der Waals surface area contributed by atoms with Gasteiger partial charge in [0.25, 0.3) is 0 Å². The van der Waals surface area contributed by atoms with Crippen LogP contribution in [0.2, 0.25) is 0 Å². The molecule has 104 valence electrons. The van der Waals surface area contributed by atoms with Crippen LogP contribution in [-0.2, 0) is 19.4 Å². The van der Waals surface area contributed by atoms with Crippen LogP contribution in [0.15, 0.2) is 42.5 Å². The van der Waals surface area contributed by atoms with E-state index >= 15 is 0 Å². The van der Waals surface area contributed by atoms with E-state index in [2.05, 4.69) is 28.8 Å². The van der Waals surface area contributed by atoms with Crippen LogP contribution in [0.25, 0.3) is 0 Å². The van der Waals surface area contributed by atoms with Gasteiger partial charge in [-0.25, -0.2) is 4.39 Å². The Morgan fingerprint density at radius 1 is 0.950 bits per heavy atom. The molecule has 2 aromatic rings. The molecule has 0 saturated carbocycles. The molecule has 0 unspecified atom stereocenters. The molecule has 2 aromatic carbocycles. The Labute approximate surface area is 119 Å². The highest BCUT2D eigenvalue weighted by Gasteiger charge is 2.07. The predicted molar refractivity (Wildman–Crippen MR) is 80.4 cm³/mol. The maximum absolute atomic E-state index is 12.9. The summed E-state index contributed by atoms with van der Waals surface area (Å²) < 4.78 is 12.9. The van der Waals surface area contributed by atoms with Gasteiger partial charge in [-0.05, 0) is 66.9 Å². The molecule has 3 heteroatoms. The fourth-order valence-electron chi connectivity index (χ4n) is 2.59. The fraction of sp³-hybridized carbons (Fsp3) is 0.294. The van der Waals surface area contributed by atoms with Crippen LogP contribution < -0.4 is 10.6 Å². The van der Waals surface area contributed by atoms with E-state index in [-0.39, 0.29) is 5.82 Å². The van der Waals surface area contributed by atoms with Gasteiger partial charge in [-0.2, -0.15) is 0 Å². The van der Waals surface area contributed by atoms with Gasteiger partial charge in [0, 0.05) is 12.2 Å². The molecule has 0 atom stereocenters. The first kappa shape index (κ1) is 13.1. The van der Waals surface area contributed by atoms with Crippen molar-refractivity contribution in [1.82, 2.24) is 5.32 Å².